The lowest BCUT2D eigenvalue weighted by molar-refractivity contribution is -0.387. The minimum absolute atomic E-state index is 0.0701. The Balaban J connectivity index is 1.92. The van der Waals surface area contributed by atoms with Crippen LogP contribution in [0, 0.1) is 21.8 Å². The van der Waals surface area contributed by atoms with E-state index in [9.17, 15) is 32.5 Å². The molecular weight excluding hydrogens is 443 g/mol. The summed E-state index contributed by atoms with van der Waals surface area (Å²) < 4.78 is 43.9. The van der Waals surface area contributed by atoms with E-state index in [0.29, 0.717) is 19.4 Å². The number of ether oxygens (including phenoxy) is 1. The highest BCUT2D eigenvalue weighted by molar-refractivity contribution is 7.91. The summed E-state index contributed by atoms with van der Waals surface area (Å²) in [6, 6.07) is 7.00. The van der Waals surface area contributed by atoms with Crippen LogP contribution in [0.5, 0.6) is 0 Å². The molecule has 0 radical (unpaired) electrons. The third-order valence-electron chi connectivity index (χ3n) is 5.14. The van der Waals surface area contributed by atoms with Crippen molar-refractivity contribution in [3.05, 3.63) is 64.0 Å². The number of rotatable bonds is 6. The first-order chi connectivity index (χ1) is 15.1. The molecule has 32 heavy (non-hydrogen) atoms. The number of nitro groups is 1. The normalized spacial score (nSPS) is 16.4. The highest BCUT2D eigenvalue weighted by Gasteiger charge is 2.32. The Bertz CT molecular complexity index is 1150. The molecule has 1 aliphatic heterocycles. The van der Waals surface area contributed by atoms with E-state index in [1.165, 1.54) is 11.0 Å². The Kier molecular flexibility index (Phi) is 6.87. The Morgan fingerprint density at radius 1 is 1.22 bits per heavy atom. The molecule has 9 nitrogen and oxygen atoms in total. The first kappa shape index (κ1) is 23.3. The van der Waals surface area contributed by atoms with Gasteiger partial charge >= 0.3 is 5.97 Å². The minimum atomic E-state index is -4.32. The number of carbonyl (C=O) groups is 2. The molecule has 170 valence electrons. The zero-order valence-corrected chi connectivity index (χ0v) is 18.0. The summed E-state index contributed by atoms with van der Waals surface area (Å²) in [6.45, 7) is 2.38. The molecule has 2 aromatic rings. The van der Waals surface area contributed by atoms with Crippen LogP contribution in [0.25, 0.3) is 0 Å². The van der Waals surface area contributed by atoms with Gasteiger partial charge in [0.25, 0.3) is 11.6 Å². The summed E-state index contributed by atoms with van der Waals surface area (Å²) in [4.78, 5) is 36.2. The van der Waals surface area contributed by atoms with Gasteiger partial charge in [-0.25, -0.2) is 12.8 Å². The van der Waals surface area contributed by atoms with Crippen LogP contribution in [0.3, 0.4) is 0 Å². The van der Waals surface area contributed by atoms with Gasteiger partial charge in [-0.2, -0.15) is 0 Å². The van der Waals surface area contributed by atoms with Gasteiger partial charge in [-0.3, -0.25) is 19.7 Å². The fraction of sp³-hybridized carbons (Fsp3) is 0.333. The van der Waals surface area contributed by atoms with E-state index in [-0.39, 0.29) is 23.6 Å². The number of hydrogen-bond acceptors (Lipinski definition) is 7. The summed E-state index contributed by atoms with van der Waals surface area (Å²) in [7, 11) is -4.32. The molecule has 1 aliphatic rings. The van der Waals surface area contributed by atoms with Crippen LogP contribution in [-0.4, -0.2) is 49.8 Å². The number of sulfone groups is 1. The third-order valence-corrected chi connectivity index (χ3v) is 6.96. The van der Waals surface area contributed by atoms with Crippen LogP contribution in [-0.2, 0) is 19.4 Å². The summed E-state index contributed by atoms with van der Waals surface area (Å²) in [5, 5.41) is 11.6. The van der Waals surface area contributed by atoms with Gasteiger partial charge in [-0.15, -0.1) is 0 Å². The average Bonchev–Trinajstić information content (AvgIpc) is 2.78. The molecule has 1 amide bonds. The van der Waals surface area contributed by atoms with Crippen LogP contribution >= 0.6 is 0 Å². The molecular formula is C21H21FN2O7S. The Morgan fingerprint density at radius 3 is 2.53 bits per heavy atom. The van der Waals surface area contributed by atoms with E-state index in [1.807, 2.05) is 0 Å². The molecule has 2 aromatic carbocycles. The lowest BCUT2D eigenvalue weighted by atomic mass is 9.97. The van der Waals surface area contributed by atoms with Gasteiger partial charge < -0.3 is 9.64 Å². The van der Waals surface area contributed by atoms with Crippen molar-refractivity contribution in [1.29, 1.82) is 0 Å². The number of hydrogen-bond donors (Lipinski definition) is 0. The van der Waals surface area contributed by atoms with Crippen LogP contribution in [0.4, 0.5) is 10.1 Å². The summed E-state index contributed by atoms with van der Waals surface area (Å²) in [6.07, 6.45) is 1.13. The number of benzene rings is 2. The summed E-state index contributed by atoms with van der Waals surface area (Å²) in [5.74, 6) is -2.09. The number of likely N-dealkylation sites (tertiary alicyclic amines) is 1. The van der Waals surface area contributed by atoms with Crippen molar-refractivity contribution in [2.45, 2.75) is 29.6 Å². The van der Waals surface area contributed by atoms with Gasteiger partial charge in [0.1, 0.15) is 10.7 Å². The predicted molar refractivity (Wildman–Crippen MR) is 110 cm³/mol. The molecule has 0 saturated carbocycles. The fourth-order valence-electron chi connectivity index (χ4n) is 3.56. The number of amides is 1. The van der Waals surface area contributed by atoms with Gasteiger partial charge in [0.05, 0.1) is 22.3 Å². The summed E-state index contributed by atoms with van der Waals surface area (Å²) in [5.41, 5.74) is -0.835. The van der Waals surface area contributed by atoms with Crippen molar-refractivity contribution in [2.75, 3.05) is 19.7 Å². The molecule has 3 rings (SSSR count). The van der Waals surface area contributed by atoms with Crippen molar-refractivity contribution in [3.8, 4) is 0 Å². The zero-order chi connectivity index (χ0) is 23.5. The number of carbonyl (C=O) groups excluding carboxylic acids is 2. The second-order valence-corrected chi connectivity index (χ2v) is 9.16. The monoisotopic (exact) mass is 464 g/mol. The topological polar surface area (TPSA) is 124 Å². The Hall–Kier alpha value is -3.34. The van der Waals surface area contributed by atoms with Crippen molar-refractivity contribution < 1.29 is 32.1 Å². The van der Waals surface area contributed by atoms with E-state index in [2.05, 4.69) is 0 Å². The molecule has 0 unspecified atom stereocenters. The number of esters is 1. The van der Waals surface area contributed by atoms with Crippen molar-refractivity contribution in [1.82, 2.24) is 4.90 Å². The maximum absolute atomic E-state index is 13.1. The van der Waals surface area contributed by atoms with Crippen molar-refractivity contribution >= 4 is 27.4 Å². The van der Waals surface area contributed by atoms with Gasteiger partial charge in [0.15, 0.2) is 0 Å². The SMILES string of the molecule is CCOC(=O)[C@H]1CCCN(C(=O)c2ccc(S(=O)(=O)c3ccc(F)cc3)c([N+](=O)[O-])c2)C1. The van der Waals surface area contributed by atoms with Crippen LogP contribution in [0.15, 0.2) is 52.3 Å². The molecule has 0 spiro atoms. The van der Waals surface area contributed by atoms with E-state index in [0.717, 1.165) is 36.4 Å². The van der Waals surface area contributed by atoms with Crippen LogP contribution in [0.1, 0.15) is 30.1 Å². The standard InChI is InChI=1S/C21H21FN2O7S/c1-2-31-21(26)15-4-3-11-23(13-15)20(25)14-5-10-19(18(12-14)24(27)28)32(29,30)17-8-6-16(22)7-9-17/h5-10,12,15H,2-4,11,13H2,1H3/t15-/m0/s1. The highest BCUT2D eigenvalue weighted by atomic mass is 32.2. The third kappa shape index (κ3) is 4.77. The molecule has 0 aromatic heterocycles. The second-order valence-electron chi connectivity index (χ2n) is 7.24. The molecule has 0 bridgehead atoms. The second kappa shape index (κ2) is 9.43. The quantitative estimate of drug-likeness (QED) is 0.279. The average molecular weight is 464 g/mol. The number of piperidine rings is 1. The largest absolute Gasteiger partial charge is 0.466 e. The molecule has 1 fully saturated rings. The van der Waals surface area contributed by atoms with Crippen LogP contribution in [0.2, 0.25) is 0 Å². The van der Waals surface area contributed by atoms with Gasteiger partial charge in [-0.1, -0.05) is 0 Å². The number of nitro benzene ring substituents is 1. The maximum atomic E-state index is 13.1. The van der Waals surface area contributed by atoms with Crippen LogP contribution < -0.4 is 0 Å². The number of nitrogens with zero attached hydrogens (tertiary/aromatic N) is 2. The smallest absolute Gasteiger partial charge is 0.310 e. The Labute approximate surface area is 183 Å². The highest BCUT2D eigenvalue weighted by Crippen LogP contribution is 2.31. The molecule has 0 aliphatic carbocycles. The van der Waals surface area contributed by atoms with Gasteiger partial charge in [-0.05, 0) is 56.2 Å². The maximum Gasteiger partial charge on any atom is 0.310 e. The lowest BCUT2D eigenvalue weighted by Crippen LogP contribution is -2.42. The van der Waals surface area contributed by atoms with Crippen molar-refractivity contribution in [2.24, 2.45) is 5.92 Å². The fourth-order valence-corrected chi connectivity index (χ4v) is 4.96. The minimum Gasteiger partial charge on any atom is -0.466 e. The van der Waals surface area contributed by atoms with Gasteiger partial charge in [0.2, 0.25) is 9.84 Å². The molecule has 1 heterocycles. The van der Waals surface area contributed by atoms with Crippen molar-refractivity contribution in [3.63, 3.8) is 0 Å². The lowest BCUT2D eigenvalue weighted by Gasteiger charge is -2.31. The summed E-state index contributed by atoms with van der Waals surface area (Å²) >= 11 is 0. The van der Waals surface area contributed by atoms with E-state index in [1.54, 1.807) is 6.92 Å². The predicted octanol–water partition coefficient (Wildman–Crippen LogP) is 2.98. The molecule has 1 saturated heterocycles. The molecule has 1 atom stereocenters. The first-order valence-electron chi connectivity index (χ1n) is 9.90. The Morgan fingerprint density at radius 2 is 1.91 bits per heavy atom. The van der Waals surface area contributed by atoms with E-state index < -0.39 is 49.0 Å². The van der Waals surface area contributed by atoms with E-state index >= 15 is 0 Å². The number of halogens is 1. The molecule has 11 heteroatoms. The van der Waals surface area contributed by atoms with E-state index in [4.69, 9.17) is 4.74 Å². The molecule has 0 N–H and O–H groups in total. The van der Waals surface area contributed by atoms with Gasteiger partial charge in [0, 0.05) is 24.7 Å². The first-order valence-corrected chi connectivity index (χ1v) is 11.4. The zero-order valence-electron chi connectivity index (χ0n) is 17.2.